The number of carboxylic acids is 1. The summed E-state index contributed by atoms with van der Waals surface area (Å²) in [7, 11) is 0. The number of fused-ring (bicyclic) bond motifs is 3. The van der Waals surface area contributed by atoms with Crippen LogP contribution in [0.4, 0.5) is 0 Å². The van der Waals surface area contributed by atoms with Crippen molar-refractivity contribution in [3.63, 3.8) is 0 Å². The Morgan fingerprint density at radius 1 is 1.10 bits per heavy atom. The van der Waals surface area contributed by atoms with Crippen molar-refractivity contribution in [2.24, 2.45) is 22.7 Å². The summed E-state index contributed by atoms with van der Waals surface area (Å²) in [4.78, 5) is 50.4. The number of amides is 1. The molecule has 2 heterocycles. The van der Waals surface area contributed by atoms with Gasteiger partial charge in [-0.1, -0.05) is 49.9 Å². The van der Waals surface area contributed by atoms with Gasteiger partial charge in [-0.2, -0.15) is 0 Å². The molecule has 1 aromatic carbocycles. The third-order valence-corrected chi connectivity index (χ3v) is 9.47. The number of oxime groups is 1. The zero-order valence-electron chi connectivity index (χ0n) is 24.4. The highest BCUT2D eigenvalue weighted by atomic mass is 16.7. The predicted molar refractivity (Wildman–Crippen MR) is 157 cm³/mol. The lowest BCUT2D eigenvalue weighted by Crippen LogP contribution is -2.52. The molecule has 2 saturated carbocycles. The molecule has 1 amide bonds. The molecule has 10 nitrogen and oxygen atoms in total. The highest BCUT2D eigenvalue weighted by Gasteiger charge is 2.40. The average molecular weight is 566 g/mol. The lowest BCUT2D eigenvalue weighted by atomic mass is 9.69. The monoisotopic (exact) mass is 565 g/mol. The number of hydrogen-bond acceptors (Lipinski definition) is 7. The van der Waals surface area contributed by atoms with E-state index in [1.165, 1.54) is 52.4 Å². The van der Waals surface area contributed by atoms with Crippen molar-refractivity contribution in [2.75, 3.05) is 6.54 Å². The predicted octanol–water partition coefficient (Wildman–Crippen LogP) is 4.24. The Hall–Kier alpha value is -3.27. The van der Waals surface area contributed by atoms with Gasteiger partial charge in [-0.15, -0.1) is 0 Å². The first kappa shape index (κ1) is 29.2. The van der Waals surface area contributed by atoms with Crippen molar-refractivity contribution >= 4 is 28.6 Å². The molecule has 2 aliphatic carbocycles. The molecule has 41 heavy (non-hydrogen) atoms. The molecule has 1 aromatic heterocycles. The topological polar surface area (TPSA) is 140 Å². The number of para-hydroxylation sites is 2. The van der Waals surface area contributed by atoms with Crippen LogP contribution in [0, 0.1) is 11.8 Å². The quantitative estimate of drug-likeness (QED) is 0.342. The molecule has 2 unspecified atom stereocenters. The van der Waals surface area contributed by atoms with Gasteiger partial charge in [0.25, 0.3) is 11.5 Å². The fourth-order valence-electron chi connectivity index (χ4n) is 7.41. The van der Waals surface area contributed by atoms with E-state index in [0.29, 0.717) is 23.1 Å². The Kier molecular flexibility index (Phi) is 8.50. The first-order chi connectivity index (χ1) is 19.6. The van der Waals surface area contributed by atoms with Crippen LogP contribution in [-0.4, -0.2) is 61.4 Å². The van der Waals surface area contributed by atoms with Crippen LogP contribution >= 0.6 is 0 Å². The van der Waals surface area contributed by atoms with E-state index in [4.69, 9.17) is 10.6 Å². The number of aromatic nitrogens is 2. The number of carboxylic acid groups (broad SMARTS) is 1. The molecule has 2 bridgehead atoms. The number of piperidine rings is 1. The van der Waals surface area contributed by atoms with E-state index < -0.39 is 28.7 Å². The lowest BCUT2D eigenvalue weighted by molar-refractivity contribution is -0.140. The maximum absolute atomic E-state index is 14.1. The zero-order valence-corrected chi connectivity index (χ0v) is 24.4. The van der Waals surface area contributed by atoms with Gasteiger partial charge in [0.2, 0.25) is 11.3 Å². The molecule has 3 aliphatic rings. The number of carbonyl (C=O) groups excluding carboxylic acids is 1. The molecule has 0 spiro atoms. The Labute approximate surface area is 240 Å². The van der Waals surface area contributed by atoms with E-state index in [9.17, 15) is 19.5 Å². The lowest BCUT2D eigenvalue weighted by Gasteiger charge is -2.49. The molecule has 1 aliphatic heterocycles. The van der Waals surface area contributed by atoms with Gasteiger partial charge in [0.05, 0.1) is 11.0 Å². The van der Waals surface area contributed by atoms with Gasteiger partial charge < -0.3 is 20.2 Å². The van der Waals surface area contributed by atoms with E-state index in [1.807, 2.05) is 12.1 Å². The molecule has 1 saturated heterocycles. The van der Waals surface area contributed by atoms with Gasteiger partial charge >= 0.3 is 5.97 Å². The Balaban J connectivity index is 1.50. The van der Waals surface area contributed by atoms with Crippen LogP contribution in [0.15, 0.2) is 34.2 Å². The number of rotatable bonds is 9. The van der Waals surface area contributed by atoms with Gasteiger partial charge in [0, 0.05) is 24.7 Å². The van der Waals surface area contributed by atoms with E-state index in [1.54, 1.807) is 16.7 Å². The summed E-state index contributed by atoms with van der Waals surface area (Å²) in [5.41, 5.74) is 3.48. The number of primary amides is 1. The molecular formula is C31H43N5O5. The van der Waals surface area contributed by atoms with Crippen molar-refractivity contribution in [2.45, 2.75) is 109 Å². The maximum Gasteiger partial charge on any atom is 0.360 e. The first-order valence-corrected chi connectivity index (χ1v) is 15.2. The van der Waals surface area contributed by atoms with Crippen LogP contribution in [0.3, 0.4) is 0 Å². The van der Waals surface area contributed by atoms with Gasteiger partial charge in [-0.05, 0) is 76.3 Å². The van der Waals surface area contributed by atoms with Crippen LogP contribution in [-0.2, 0) is 14.4 Å². The fourth-order valence-corrected chi connectivity index (χ4v) is 7.41. The van der Waals surface area contributed by atoms with Crippen molar-refractivity contribution in [3.8, 4) is 0 Å². The average Bonchev–Trinajstić information content (AvgIpc) is 2.93. The summed E-state index contributed by atoms with van der Waals surface area (Å²) in [5, 5.41) is 13.7. The summed E-state index contributed by atoms with van der Waals surface area (Å²) in [5.74, 6) is -0.599. The number of nitrogens with two attached hydrogens (primary N) is 1. The van der Waals surface area contributed by atoms with Gasteiger partial charge in [0.1, 0.15) is 0 Å². The summed E-state index contributed by atoms with van der Waals surface area (Å²) in [6.07, 6.45) is 11.8. The second kappa shape index (κ2) is 11.9. The molecule has 3 N–H and O–H groups in total. The second-order valence-corrected chi connectivity index (χ2v) is 12.7. The van der Waals surface area contributed by atoms with E-state index >= 15 is 0 Å². The minimum atomic E-state index is -1.56. The number of carbonyl (C=O) groups is 2. The number of hydrogen-bond donors (Lipinski definition) is 2. The van der Waals surface area contributed by atoms with Gasteiger partial charge in [0.15, 0.2) is 5.69 Å². The molecule has 0 radical (unpaired) electrons. The van der Waals surface area contributed by atoms with Crippen LogP contribution in [0.1, 0.15) is 96.7 Å². The SMILES string of the molecule is CCC[C@@H]1C[C@H](n2c(=O)c(/C(=N/OC(C)(C)C(N)=O)C(=O)O)nc3ccccc32)CCN1C1CC2CCC[C@H](C2)C1. The molecule has 5 atom stereocenters. The summed E-state index contributed by atoms with van der Waals surface area (Å²) < 4.78 is 1.73. The largest absolute Gasteiger partial charge is 0.476 e. The molecular weight excluding hydrogens is 522 g/mol. The first-order valence-electron chi connectivity index (χ1n) is 15.2. The fraction of sp³-hybridized carbons (Fsp3) is 0.645. The van der Waals surface area contributed by atoms with Crippen molar-refractivity contribution < 1.29 is 19.5 Å². The highest BCUT2D eigenvalue weighted by Crippen LogP contribution is 2.44. The van der Waals surface area contributed by atoms with Crippen molar-refractivity contribution in [1.29, 1.82) is 0 Å². The Morgan fingerprint density at radius 3 is 2.46 bits per heavy atom. The maximum atomic E-state index is 14.1. The summed E-state index contributed by atoms with van der Waals surface area (Å²) in [6, 6.07) is 8.16. The number of aliphatic carboxylic acids is 1. The van der Waals surface area contributed by atoms with E-state index in [-0.39, 0.29) is 11.7 Å². The van der Waals surface area contributed by atoms with Gasteiger partial charge in [-0.25, -0.2) is 9.78 Å². The highest BCUT2D eigenvalue weighted by molar-refractivity contribution is 6.41. The minimum Gasteiger partial charge on any atom is -0.476 e. The number of nitrogens with zero attached hydrogens (tertiary/aromatic N) is 4. The summed E-state index contributed by atoms with van der Waals surface area (Å²) in [6.45, 7) is 5.89. The Morgan fingerprint density at radius 2 is 1.80 bits per heavy atom. The standard InChI is InChI=1S/C31H43N5O5/c1-4-8-21-18-22(13-14-35(21)23-16-19-9-7-10-20(15-19)17-23)36-25-12-6-5-11-24(25)33-26(28(36)37)27(29(38)39)34-41-31(2,3)30(32)40/h5-6,11-12,19-23H,4,7-10,13-18H2,1-3H3,(H2,32,40)(H,38,39)/b34-27-/t19-,20?,21-,22-,23?/m1/s1. The van der Waals surface area contributed by atoms with Crippen LogP contribution in [0.5, 0.6) is 0 Å². The third kappa shape index (κ3) is 6.03. The minimum absolute atomic E-state index is 0.108. The normalized spacial score (nSPS) is 27.5. The molecule has 3 fully saturated rings. The van der Waals surface area contributed by atoms with Gasteiger partial charge in [-0.3, -0.25) is 14.5 Å². The number of benzene rings is 1. The van der Waals surface area contributed by atoms with E-state index in [2.05, 4.69) is 22.0 Å². The molecule has 222 valence electrons. The second-order valence-electron chi connectivity index (χ2n) is 12.7. The van der Waals surface area contributed by atoms with E-state index in [0.717, 1.165) is 44.1 Å². The zero-order chi connectivity index (χ0) is 29.3. The van der Waals surface area contributed by atoms with Crippen molar-refractivity contribution in [1.82, 2.24) is 14.5 Å². The van der Waals surface area contributed by atoms with Crippen molar-refractivity contribution in [3.05, 3.63) is 40.3 Å². The summed E-state index contributed by atoms with van der Waals surface area (Å²) >= 11 is 0. The molecule has 2 aromatic rings. The smallest absolute Gasteiger partial charge is 0.360 e. The molecule has 5 rings (SSSR count). The number of likely N-dealkylation sites (tertiary alicyclic amines) is 1. The molecule has 10 heteroatoms. The van der Waals surface area contributed by atoms with Crippen LogP contribution < -0.4 is 11.3 Å². The Bertz CT molecular complexity index is 1370. The van der Waals surface area contributed by atoms with Crippen LogP contribution in [0.2, 0.25) is 0 Å². The third-order valence-electron chi connectivity index (χ3n) is 9.47. The van der Waals surface area contributed by atoms with Crippen LogP contribution in [0.25, 0.3) is 11.0 Å².